The van der Waals surface area contributed by atoms with E-state index < -0.39 is 0 Å². The van der Waals surface area contributed by atoms with Gasteiger partial charge in [-0.2, -0.15) is 0 Å². The summed E-state index contributed by atoms with van der Waals surface area (Å²) in [6.07, 6.45) is 4.02. The largest absolute Gasteiger partial charge is 0.465 e. The van der Waals surface area contributed by atoms with Crippen molar-refractivity contribution in [2.75, 3.05) is 13.1 Å². The molecule has 148 valence electrons. The van der Waals surface area contributed by atoms with Crippen LogP contribution in [0.5, 0.6) is 0 Å². The number of benzene rings is 1. The van der Waals surface area contributed by atoms with Gasteiger partial charge in [-0.3, -0.25) is 9.69 Å². The van der Waals surface area contributed by atoms with Crippen LogP contribution in [0.1, 0.15) is 42.1 Å². The summed E-state index contributed by atoms with van der Waals surface area (Å²) in [6.45, 7) is 5.68. The normalized spacial score (nSPS) is 17.8. The van der Waals surface area contributed by atoms with E-state index in [1.165, 1.54) is 27.8 Å². The molecule has 1 fully saturated rings. The lowest BCUT2D eigenvalue weighted by Gasteiger charge is -2.32. The van der Waals surface area contributed by atoms with Gasteiger partial charge in [-0.25, -0.2) is 0 Å². The van der Waals surface area contributed by atoms with Crippen molar-refractivity contribution in [1.82, 2.24) is 10.2 Å². The van der Waals surface area contributed by atoms with Gasteiger partial charge in [0.2, 0.25) is 5.91 Å². The molecular weight excluding hydrogens is 368 g/mol. The minimum Gasteiger partial charge on any atom is -0.465 e. The van der Waals surface area contributed by atoms with Crippen LogP contribution in [0, 0.1) is 12.8 Å². The highest BCUT2D eigenvalue weighted by Crippen LogP contribution is 2.28. The molecule has 4 rings (SSSR count). The summed E-state index contributed by atoms with van der Waals surface area (Å²) < 4.78 is 6.87. The summed E-state index contributed by atoms with van der Waals surface area (Å²) in [5.41, 5.74) is 0. The van der Waals surface area contributed by atoms with Crippen molar-refractivity contribution < 1.29 is 9.21 Å². The predicted octanol–water partition coefficient (Wildman–Crippen LogP) is 5.11. The Bertz CT molecular complexity index is 896. The molecule has 1 amide bonds. The summed E-state index contributed by atoms with van der Waals surface area (Å²) >= 11 is 1.90. The molecule has 1 aliphatic rings. The molecule has 0 radical (unpaired) electrons. The number of thiophene rings is 1. The number of nitrogens with one attached hydrogen (secondary N) is 1. The SMILES string of the molecule is Cc1ccc(CNC(=O)CC[C@H]2CCCN(Cc3cc4ccccc4s3)C2)o1. The Morgan fingerprint density at radius 2 is 2.18 bits per heavy atom. The van der Waals surface area contributed by atoms with Gasteiger partial charge in [0, 0.05) is 29.1 Å². The smallest absolute Gasteiger partial charge is 0.220 e. The second-order valence-electron chi connectivity index (χ2n) is 7.82. The first kappa shape index (κ1) is 19.2. The highest BCUT2D eigenvalue weighted by atomic mass is 32.1. The minimum absolute atomic E-state index is 0.121. The van der Waals surface area contributed by atoms with E-state index in [1.807, 2.05) is 30.4 Å². The van der Waals surface area contributed by atoms with Crippen LogP contribution in [0.15, 0.2) is 46.9 Å². The highest BCUT2D eigenvalue weighted by molar-refractivity contribution is 7.19. The molecule has 0 unspecified atom stereocenters. The number of carbonyl (C=O) groups is 1. The Labute approximate surface area is 170 Å². The summed E-state index contributed by atoms with van der Waals surface area (Å²) in [7, 11) is 0. The third-order valence-corrected chi connectivity index (χ3v) is 6.60. The highest BCUT2D eigenvalue weighted by Gasteiger charge is 2.21. The van der Waals surface area contributed by atoms with E-state index in [0.717, 1.165) is 37.6 Å². The van der Waals surface area contributed by atoms with Gasteiger partial charge in [0.1, 0.15) is 11.5 Å². The van der Waals surface area contributed by atoms with Gasteiger partial charge in [0.05, 0.1) is 6.54 Å². The van der Waals surface area contributed by atoms with Crippen molar-refractivity contribution in [3.8, 4) is 0 Å². The quantitative estimate of drug-likeness (QED) is 0.603. The number of aryl methyl sites for hydroxylation is 1. The van der Waals surface area contributed by atoms with Crippen molar-refractivity contribution >= 4 is 27.3 Å². The number of nitrogens with zero attached hydrogens (tertiary/aromatic N) is 1. The maximum atomic E-state index is 12.2. The molecule has 1 N–H and O–H groups in total. The van der Waals surface area contributed by atoms with Gasteiger partial charge >= 0.3 is 0 Å². The predicted molar refractivity (Wildman–Crippen MR) is 114 cm³/mol. The molecule has 1 aliphatic heterocycles. The van der Waals surface area contributed by atoms with Crippen LogP contribution in [-0.2, 0) is 17.9 Å². The molecule has 1 atom stereocenters. The molecule has 0 bridgehead atoms. The van der Waals surface area contributed by atoms with Gasteiger partial charge in [-0.1, -0.05) is 18.2 Å². The topological polar surface area (TPSA) is 45.5 Å². The number of hydrogen-bond donors (Lipinski definition) is 1. The Morgan fingerprint density at radius 1 is 1.29 bits per heavy atom. The number of rotatable bonds is 7. The Kier molecular flexibility index (Phi) is 6.13. The number of hydrogen-bond acceptors (Lipinski definition) is 4. The second-order valence-corrected chi connectivity index (χ2v) is 8.99. The van der Waals surface area contributed by atoms with E-state index >= 15 is 0 Å². The second kappa shape index (κ2) is 8.93. The summed E-state index contributed by atoms with van der Waals surface area (Å²) in [6, 6.07) is 14.8. The first-order chi connectivity index (χ1) is 13.7. The molecule has 28 heavy (non-hydrogen) atoms. The number of piperidine rings is 1. The number of amides is 1. The molecule has 3 aromatic rings. The van der Waals surface area contributed by atoms with Gasteiger partial charge in [-0.15, -0.1) is 11.3 Å². The number of furan rings is 1. The average molecular weight is 397 g/mol. The molecule has 0 spiro atoms. The third-order valence-electron chi connectivity index (χ3n) is 5.49. The summed E-state index contributed by atoms with van der Waals surface area (Å²) in [4.78, 5) is 16.2. The number of likely N-dealkylation sites (tertiary alicyclic amines) is 1. The fourth-order valence-electron chi connectivity index (χ4n) is 4.06. The maximum absolute atomic E-state index is 12.2. The molecule has 5 heteroatoms. The van der Waals surface area contributed by atoms with E-state index in [9.17, 15) is 4.79 Å². The zero-order valence-corrected chi connectivity index (χ0v) is 17.3. The van der Waals surface area contributed by atoms with Crippen LogP contribution in [-0.4, -0.2) is 23.9 Å². The molecule has 1 aromatic carbocycles. The lowest BCUT2D eigenvalue weighted by molar-refractivity contribution is -0.121. The summed E-state index contributed by atoms with van der Waals surface area (Å²) in [5.74, 6) is 2.43. The van der Waals surface area contributed by atoms with Crippen molar-refractivity contribution in [2.24, 2.45) is 5.92 Å². The van der Waals surface area contributed by atoms with Crippen LogP contribution in [0.2, 0.25) is 0 Å². The fraction of sp³-hybridized carbons (Fsp3) is 0.435. The molecule has 4 nitrogen and oxygen atoms in total. The fourth-order valence-corrected chi connectivity index (χ4v) is 5.16. The van der Waals surface area contributed by atoms with E-state index in [4.69, 9.17) is 4.42 Å². The lowest BCUT2D eigenvalue weighted by Crippen LogP contribution is -2.35. The molecule has 2 aromatic heterocycles. The third kappa shape index (κ3) is 5.03. The zero-order chi connectivity index (χ0) is 19.3. The van der Waals surface area contributed by atoms with Crippen molar-refractivity contribution in [1.29, 1.82) is 0 Å². The Balaban J connectivity index is 1.22. The molecular formula is C23H28N2O2S. The Hall–Kier alpha value is -2.11. The van der Waals surface area contributed by atoms with Crippen LogP contribution >= 0.6 is 11.3 Å². The van der Waals surface area contributed by atoms with Gasteiger partial charge < -0.3 is 9.73 Å². The van der Waals surface area contributed by atoms with Gasteiger partial charge in [0.25, 0.3) is 0 Å². The number of fused-ring (bicyclic) bond motifs is 1. The molecule has 0 aliphatic carbocycles. The van der Waals surface area contributed by atoms with Crippen LogP contribution < -0.4 is 5.32 Å². The standard InChI is InChI=1S/C23H28N2O2S/c1-17-8-10-20(27-17)14-24-23(26)11-9-18-5-4-12-25(15-18)16-21-13-19-6-2-3-7-22(19)28-21/h2-3,6-8,10,13,18H,4-5,9,11-12,14-16H2,1H3,(H,24,26)/t18-/m1/s1. The van der Waals surface area contributed by atoms with E-state index in [0.29, 0.717) is 18.9 Å². The van der Waals surface area contributed by atoms with E-state index in [2.05, 4.69) is 40.5 Å². The first-order valence-electron chi connectivity index (χ1n) is 10.2. The summed E-state index contributed by atoms with van der Waals surface area (Å²) in [5, 5.41) is 4.32. The molecule has 1 saturated heterocycles. The monoisotopic (exact) mass is 396 g/mol. The minimum atomic E-state index is 0.121. The number of carbonyl (C=O) groups excluding carboxylic acids is 1. The maximum Gasteiger partial charge on any atom is 0.220 e. The lowest BCUT2D eigenvalue weighted by atomic mass is 9.93. The first-order valence-corrected chi connectivity index (χ1v) is 11.0. The molecule has 3 heterocycles. The van der Waals surface area contributed by atoms with E-state index in [-0.39, 0.29) is 5.91 Å². The van der Waals surface area contributed by atoms with Gasteiger partial charge in [0.15, 0.2) is 0 Å². The van der Waals surface area contributed by atoms with Crippen molar-refractivity contribution in [3.05, 3.63) is 58.9 Å². The van der Waals surface area contributed by atoms with Crippen LogP contribution in [0.3, 0.4) is 0 Å². The Morgan fingerprint density at radius 3 is 3.00 bits per heavy atom. The van der Waals surface area contributed by atoms with Crippen molar-refractivity contribution in [2.45, 2.75) is 45.7 Å². The molecule has 0 saturated carbocycles. The zero-order valence-electron chi connectivity index (χ0n) is 16.4. The van der Waals surface area contributed by atoms with Gasteiger partial charge in [-0.05, 0) is 68.3 Å². The van der Waals surface area contributed by atoms with Crippen LogP contribution in [0.4, 0.5) is 0 Å². The van der Waals surface area contributed by atoms with Crippen LogP contribution in [0.25, 0.3) is 10.1 Å². The van der Waals surface area contributed by atoms with E-state index in [1.54, 1.807) is 0 Å². The van der Waals surface area contributed by atoms with Crippen molar-refractivity contribution in [3.63, 3.8) is 0 Å². The average Bonchev–Trinajstić information content (AvgIpc) is 3.30.